The summed E-state index contributed by atoms with van der Waals surface area (Å²) in [5.41, 5.74) is 0.275. The van der Waals surface area contributed by atoms with E-state index in [2.05, 4.69) is 0 Å². The van der Waals surface area contributed by atoms with Crippen molar-refractivity contribution in [2.24, 2.45) is 5.41 Å². The molecule has 1 amide bonds. The first-order valence-corrected chi connectivity index (χ1v) is 7.76. The average Bonchev–Trinajstić information content (AvgIpc) is 2.55. The van der Waals surface area contributed by atoms with E-state index in [4.69, 9.17) is 0 Å². The van der Waals surface area contributed by atoms with Crippen LogP contribution in [0.15, 0.2) is 53.8 Å². The van der Waals surface area contributed by atoms with Crippen LogP contribution in [0.5, 0.6) is 0 Å². The monoisotopic (exact) mass is 311 g/mol. The van der Waals surface area contributed by atoms with E-state index in [0.717, 1.165) is 17.4 Å². The van der Waals surface area contributed by atoms with Gasteiger partial charge < -0.3 is 10.0 Å². The zero-order valence-corrected chi connectivity index (χ0v) is 13.7. The molecule has 0 bridgehead atoms. The Hall–Kier alpha value is -2.36. The number of hydrogen-bond donors (Lipinski definition) is 1. The summed E-state index contributed by atoms with van der Waals surface area (Å²) in [5, 5.41) is 9.57. The van der Waals surface area contributed by atoms with Crippen LogP contribution in [0.1, 0.15) is 25.8 Å². The minimum atomic E-state index is -0.916. The summed E-state index contributed by atoms with van der Waals surface area (Å²) in [5.74, 6) is -0.142. The maximum Gasteiger partial charge on any atom is 0.237 e. The van der Waals surface area contributed by atoms with Gasteiger partial charge in [-0.2, -0.15) is 0 Å². The minimum Gasteiger partial charge on any atom is -0.515 e. The molecule has 120 valence electrons. The largest absolute Gasteiger partial charge is 0.515 e. The maximum absolute atomic E-state index is 13.2. The van der Waals surface area contributed by atoms with Crippen molar-refractivity contribution >= 4 is 11.7 Å². The van der Waals surface area contributed by atoms with Crippen molar-refractivity contribution in [2.45, 2.75) is 25.7 Å². The van der Waals surface area contributed by atoms with Crippen LogP contribution in [0.3, 0.4) is 0 Å². The van der Waals surface area contributed by atoms with Gasteiger partial charge >= 0.3 is 0 Å². The van der Waals surface area contributed by atoms with Crippen LogP contribution in [-0.2, 0) is 15.0 Å². The standard InChI is InChI=1S/C19H21NO3/c1-18(2)15-9-10-20(3)17(23)19(15,11-13(12-21)16(18)22)14-7-5-4-6-8-14/h4-9,12,21H,10-11H2,1-3H3/b13-12+. The van der Waals surface area contributed by atoms with Crippen molar-refractivity contribution < 1.29 is 14.7 Å². The summed E-state index contributed by atoms with van der Waals surface area (Å²) in [4.78, 5) is 27.6. The molecule has 1 aliphatic heterocycles. The number of aliphatic hydroxyl groups excluding tert-OH is 1. The van der Waals surface area contributed by atoms with E-state index < -0.39 is 10.8 Å². The van der Waals surface area contributed by atoms with Crippen LogP contribution in [0.4, 0.5) is 0 Å². The lowest BCUT2D eigenvalue weighted by atomic mass is 9.54. The number of Topliss-reactive ketones (excluding diaryl/α,β-unsaturated/α-hetero) is 1. The van der Waals surface area contributed by atoms with Gasteiger partial charge in [0.1, 0.15) is 5.41 Å². The van der Waals surface area contributed by atoms with Crippen LogP contribution in [0.2, 0.25) is 0 Å². The number of carbonyl (C=O) groups excluding carboxylic acids is 2. The quantitative estimate of drug-likeness (QED) is 0.493. The first kappa shape index (κ1) is 15.5. The lowest BCUT2D eigenvalue weighted by molar-refractivity contribution is -0.137. The summed E-state index contributed by atoms with van der Waals surface area (Å²) in [6.07, 6.45) is 3.07. The molecule has 2 aliphatic rings. The second-order valence-electron chi connectivity index (χ2n) is 6.86. The van der Waals surface area contributed by atoms with Gasteiger partial charge in [0.15, 0.2) is 5.78 Å². The molecule has 1 unspecified atom stereocenters. The van der Waals surface area contributed by atoms with Gasteiger partial charge in [-0.1, -0.05) is 36.4 Å². The van der Waals surface area contributed by atoms with Crippen LogP contribution in [0, 0.1) is 5.41 Å². The minimum absolute atomic E-state index is 0.0267. The van der Waals surface area contributed by atoms with Gasteiger partial charge in [-0.25, -0.2) is 0 Å². The molecule has 1 saturated carbocycles. The molecule has 1 aromatic carbocycles. The molecule has 3 rings (SSSR count). The zero-order valence-electron chi connectivity index (χ0n) is 13.7. The number of hydrogen-bond acceptors (Lipinski definition) is 3. The average molecular weight is 311 g/mol. The van der Waals surface area contributed by atoms with Gasteiger partial charge in [0.2, 0.25) is 5.91 Å². The molecule has 1 N–H and O–H groups in total. The lowest BCUT2D eigenvalue weighted by Gasteiger charge is -2.50. The van der Waals surface area contributed by atoms with Crippen LogP contribution < -0.4 is 0 Å². The van der Waals surface area contributed by atoms with E-state index in [1.54, 1.807) is 11.9 Å². The van der Waals surface area contributed by atoms with E-state index in [0.29, 0.717) is 12.1 Å². The highest BCUT2D eigenvalue weighted by molar-refractivity contribution is 6.08. The molecule has 4 nitrogen and oxygen atoms in total. The predicted molar refractivity (Wildman–Crippen MR) is 88.0 cm³/mol. The third-order valence-electron chi connectivity index (χ3n) is 5.15. The normalized spacial score (nSPS) is 28.6. The number of rotatable bonds is 1. The Balaban J connectivity index is 2.33. The van der Waals surface area contributed by atoms with E-state index >= 15 is 0 Å². The Bertz CT molecular complexity index is 730. The Labute approximate surface area is 136 Å². The fraction of sp³-hybridized carbons (Fsp3) is 0.368. The number of likely N-dealkylation sites (N-methyl/N-ethyl adjacent to an activating group) is 1. The molecule has 0 spiro atoms. The van der Waals surface area contributed by atoms with Crippen molar-refractivity contribution in [3.63, 3.8) is 0 Å². The molecule has 23 heavy (non-hydrogen) atoms. The summed E-state index contributed by atoms with van der Waals surface area (Å²) < 4.78 is 0. The Kier molecular flexibility index (Phi) is 3.43. The number of benzene rings is 1. The number of ketones is 1. The molecule has 1 heterocycles. The van der Waals surface area contributed by atoms with Gasteiger partial charge in [0, 0.05) is 25.6 Å². The number of aliphatic hydroxyl groups is 1. The van der Waals surface area contributed by atoms with E-state index in [9.17, 15) is 14.7 Å². The van der Waals surface area contributed by atoms with Gasteiger partial charge in [-0.3, -0.25) is 9.59 Å². The topological polar surface area (TPSA) is 57.6 Å². The number of carbonyl (C=O) groups is 2. The second kappa shape index (κ2) is 5.08. The Morgan fingerprint density at radius 2 is 1.83 bits per heavy atom. The molecule has 1 aliphatic carbocycles. The van der Waals surface area contributed by atoms with Crippen LogP contribution >= 0.6 is 0 Å². The predicted octanol–water partition coefficient (Wildman–Crippen LogP) is 2.76. The van der Waals surface area contributed by atoms with Crippen molar-refractivity contribution in [1.82, 2.24) is 4.90 Å². The highest BCUT2D eigenvalue weighted by atomic mass is 16.2. The van der Waals surface area contributed by atoms with Crippen LogP contribution in [-0.4, -0.2) is 35.3 Å². The summed E-state index contributed by atoms with van der Waals surface area (Å²) in [7, 11) is 1.77. The van der Waals surface area contributed by atoms with E-state index in [1.807, 2.05) is 50.3 Å². The van der Waals surface area contributed by atoms with Gasteiger partial charge in [0.05, 0.1) is 11.7 Å². The third-order valence-corrected chi connectivity index (χ3v) is 5.15. The summed E-state index contributed by atoms with van der Waals surface area (Å²) in [6.45, 7) is 4.16. The van der Waals surface area contributed by atoms with Crippen LogP contribution in [0.25, 0.3) is 0 Å². The van der Waals surface area contributed by atoms with E-state index in [-0.39, 0.29) is 18.1 Å². The Morgan fingerprint density at radius 1 is 1.17 bits per heavy atom. The summed E-state index contributed by atoms with van der Waals surface area (Å²) >= 11 is 0. The molecule has 1 atom stereocenters. The molecule has 4 heteroatoms. The SMILES string of the molecule is CN1CC=C2C(C)(C)C(=O)/C(=C/O)CC2(c2ccccc2)C1=O. The highest BCUT2D eigenvalue weighted by Crippen LogP contribution is 2.54. The van der Waals surface area contributed by atoms with E-state index in [1.165, 1.54) is 0 Å². The van der Waals surface area contributed by atoms with Gasteiger partial charge in [-0.05, 0) is 25.0 Å². The number of fused-ring (bicyclic) bond motifs is 1. The first-order valence-electron chi connectivity index (χ1n) is 7.76. The summed E-state index contributed by atoms with van der Waals surface area (Å²) in [6, 6.07) is 9.55. The van der Waals surface area contributed by atoms with Gasteiger partial charge in [-0.15, -0.1) is 0 Å². The fourth-order valence-corrected chi connectivity index (χ4v) is 3.98. The smallest absolute Gasteiger partial charge is 0.237 e. The fourth-order valence-electron chi connectivity index (χ4n) is 3.98. The van der Waals surface area contributed by atoms with Gasteiger partial charge in [0.25, 0.3) is 0 Å². The van der Waals surface area contributed by atoms with Crippen molar-refractivity contribution in [3.8, 4) is 0 Å². The third kappa shape index (κ3) is 1.97. The molecule has 1 fully saturated rings. The lowest BCUT2D eigenvalue weighted by Crippen LogP contribution is -2.57. The maximum atomic E-state index is 13.2. The highest BCUT2D eigenvalue weighted by Gasteiger charge is 2.58. The Morgan fingerprint density at radius 3 is 2.43 bits per heavy atom. The second-order valence-corrected chi connectivity index (χ2v) is 6.86. The molecule has 0 radical (unpaired) electrons. The van der Waals surface area contributed by atoms with Crippen molar-refractivity contribution in [2.75, 3.05) is 13.6 Å². The van der Waals surface area contributed by atoms with Crippen molar-refractivity contribution in [1.29, 1.82) is 0 Å². The van der Waals surface area contributed by atoms with Crippen molar-refractivity contribution in [3.05, 3.63) is 59.4 Å². The first-order chi connectivity index (χ1) is 10.9. The molecule has 0 saturated heterocycles. The number of amides is 1. The number of nitrogens with zero attached hydrogens (tertiary/aromatic N) is 1. The number of allylic oxidation sites excluding steroid dienone is 1. The molecule has 1 aromatic rings. The molecular weight excluding hydrogens is 290 g/mol. The molecular formula is C19H21NO3. The molecule has 0 aromatic heterocycles. The zero-order chi connectivity index (χ0) is 16.8.